The number of nitrogens with zero attached hydrogens (tertiary/aromatic N) is 1. The number of para-hydroxylation sites is 1. The van der Waals surface area contributed by atoms with Gasteiger partial charge in [-0.05, 0) is 29.8 Å². The molecule has 6 heteroatoms. The molecule has 0 aliphatic rings. The number of amides is 2. The van der Waals surface area contributed by atoms with E-state index in [0.29, 0.717) is 13.0 Å². The van der Waals surface area contributed by atoms with E-state index < -0.39 is 0 Å². The van der Waals surface area contributed by atoms with Gasteiger partial charge in [-0.2, -0.15) is 0 Å². The first-order valence-corrected chi connectivity index (χ1v) is 8.28. The minimum atomic E-state index is -0.267. The quantitative estimate of drug-likeness (QED) is 0.731. The van der Waals surface area contributed by atoms with Gasteiger partial charge in [-0.15, -0.1) is 11.3 Å². The topological polar surface area (TPSA) is 54.0 Å². The van der Waals surface area contributed by atoms with Crippen molar-refractivity contribution in [2.24, 2.45) is 0 Å². The van der Waals surface area contributed by atoms with Crippen molar-refractivity contribution in [3.63, 3.8) is 0 Å². The van der Waals surface area contributed by atoms with E-state index in [-0.39, 0.29) is 11.8 Å². The van der Waals surface area contributed by atoms with Crippen LogP contribution in [-0.2, 0) is 13.0 Å². The van der Waals surface area contributed by atoms with Crippen molar-refractivity contribution < 1.29 is 9.18 Å². The SMILES string of the molecule is O=C(NCc1ncc(Cc2ccc(F)cc2)s1)Nc1ccccc1. The van der Waals surface area contributed by atoms with E-state index in [9.17, 15) is 9.18 Å². The zero-order valence-corrected chi connectivity index (χ0v) is 13.6. The number of halogens is 1. The van der Waals surface area contributed by atoms with E-state index in [1.807, 2.05) is 30.3 Å². The molecule has 0 spiro atoms. The average Bonchev–Trinajstić information content (AvgIpc) is 3.04. The molecule has 4 nitrogen and oxygen atoms in total. The molecule has 3 rings (SSSR count). The lowest BCUT2D eigenvalue weighted by Crippen LogP contribution is -2.28. The van der Waals surface area contributed by atoms with Crippen LogP contribution in [-0.4, -0.2) is 11.0 Å². The summed E-state index contributed by atoms with van der Waals surface area (Å²) in [6.45, 7) is 0.368. The highest BCUT2D eigenvalue weighted by molar-refractivity contribution is 7.11. The lowest BCUT2D eigenvalue weighted by atomic mass is 10.1. The van der Waals surface area contributed by atoms with Crippen LogP contribution < -0.4 is 10.6 Å². The summed E-state index contributed by atoms with van der Waals surface area (Å²) < 4.78 is 12.9. The minimum absolute atomic E-state index is 0.239. The molecule has 2 amide bonds. The van der Waals surface area contributed by atoms with Crippen molar-refractivity contribution >= 4 is 23.1 Å². The van der Waals surface area contributed by atoms with Gasteiger partial charge in [0, 0.05) is 23.2 Å². The van der Waals surface area contributed by atoms with Gasteiger partial charge in [-0.3, -0.25) is 0 Å². The molecule has 0 aliphatic carbocycles. The Kier molecular flexibility index (Phi) is 5.18. The Balaban J connectivity index is 1.50. The number of nitrogens with one attached hydrogen (secondary N) is 2. The normalized spacial score (nSPS) is 10.4. The molecule has 0 saturated heterocycles. The summed E-state index contributed by atoms with van der Waals surface area (Å²) in [5, 5.41) is 6.36. The Morgan fingerprint density at radius 1 is 1.08 bits per heavy atom. The summed E-state index contributed by atoms with van der Waals surface area (Å²) in [6, 6.07) is 15.4. The molecule has 0 radical (unpaired) electrons. The lowest BCUT2D eigenvalue weighted by molar-refractivity contribution is 0.251. The van der Waals surface area contributed by atoms with Crippen molar-refractivity contribution in [1.29, 1.82) is 0 Å². The van der Waals surface area contributed by atoms with Gasteiger partial charge in [0.05, 0.1) is 6.54 Å². The van der Waals surface area contributed by atoms with Crippen molar-refractivity contribution in [3.8, 4) is 0 Å². The minimum Gasteiger partial charge on any atom is -0.331 e. The van der Waals surface area contributed by atoms with Crippen LogP contribution in [0.2, 0.25) is 0 Å². The van der Waals surface area contributed by atoms with Gasteiger partial charge in [0.25, 0.3) is 0 Å². The number of thiazole rings is 1. The molecule has 0 unspecified atom stereocenters. The molecule has 0 saturated carbocycles. The first-order valence-electron chi connectivity index (χ1n) is 7.47. The van der Waals surface area contributed by atoms with Gasteiger partial charge in [-0.1, -0.05) is 30.3 Å². The predicted octanol–water partition coefficient (Wildman–Crippen LogP) is 4.19. The van der Waals surface area contributed by atoms with E-state index in [1.165, 1.54) is 23.5 Å². The highest BCUT2D eigenvalue weighted by Crippen LogP contribution is 2.17. The maximum atomic E-state index is 12.9. The Bertz CT molecular complexity index is 803. The number of rotatable bonds is 5. The summed E-state index contributed by atoms with van der Waals surface area (Å²) in [5.74, 6) is -0.239. The molecule has 2 N–H and O–H groups in total. The molecule has 0 fully saturated rings. The number of aromatic nitrogens is 1. The molecule has 0 aliphatic heterocycles. The molecule has 2 aromatic carbocycles. The van der Waals surface area contributed by atoms with Crippen LogP contribution in [0.25, 0.3) is 0 Å². The second-order valence-corrected chi connectivity index (χ2v) is 6.40. The molecular formula is C18H16FN3OS. The zero-order chi connectivity index (χ0) is 16.8. The molecule has 0 atom stereocenters. The summed E-state index contributed by atoms with van der Waals surface area (Å²) in [7, 11) is 0. The Hall–Kier alpha value is -2.73. The number of carbonyl (C=O) groups excluding carboxylic acids is 1. The van der Waals surface area contributed by atoms with Crippen molar-refractivity contribution in [3.05, 3.63) is 82.1 Å². The van der Waals surface area contributed by atoms with Crippen LogP contribution in [0, 0.1) is 5.82 Å². The molecule has 3 aromatic rings. The van der Waals surface area contributed by atoms with E-state index in [4.69, 9.17) is 0 Å². The first kappa shape index (κ1) is 16.1. The third-order valence-corrected chi connectivity index (χ3v) is 4.32. The molecule has 24 heavy (non-hydrogen) atoms. The van der Waals surface area contributed by atoms with Crippen LogP contribution in [0.15, 0.2) is 60.8 Å². The van der Waals surface area contributed by atoms with E-state index in [0.717, 1.165) is 21.1 Å². The number of benzene rings is 2. The number of hydrogen-bond donors (Lipinski definition) is 2. The maximum absolute atomic E-state index is 12.9. The standard InChI is InChI=1S/C18H16FN3OS/c19-14-8-6-13(7-9-14)10-16-11-20-17(24-16)12-21-18(23)22-15-4-2-1-3-5-15/h1-9,11H,10,12H2,(H2,21,22,23). The second-order valence-electron chi connectivity index (χ2n) is 5.20. The summed E-state index contributed by atoms with van der Waals surface area (Å²) in [4.78, 5) is 17.2. The number of hydrogen-bond acceptors (Lipinski definition) is 3. The monoisotopic (exact) mass is 341 g/mol. The second kappa shape index (κ2) is 7.70. The molecule has 1 aromatic heterocycles. The fraction of sp³-hybridized carbons (Fsp3) is 0.111. The zero-order valence-electron chi connectivity index (χ0n) is 12.8. The fourth-order valence-corrected chi connectivity index (χ4v) is 3.06. The third-order valence-electron chi connectivity index (χ3n) is 3.32. The van der Waals surface area contributed by atoms with Gasteiger partial charge in [-0.25, -0.2) is 14.2 Å². The number of urea groups is 1. The highest BCUT2D eigenvalue weighted by Gasteiger charge is 2.06. The van der Waals surface area contributed by atoms with E-state index in [1.54, 1.807) is 18.3 Å². The van der Waals surface area contributed by atoms with Crippen molar-refractivity contribution in [2.45, 2.75) is 13.0 Å². The molecule has 1 heterocycles. The average molecular weight is 341 g/mol. The smallest absolute Gasteiger partial charge is 0.319 e. The Morgan fingerprint density at radius 2 is 1.83 bits per heavy atom. The highest BCUT2D eigenvalue weighted by atomic mass is 32.1. The number of carbonyl (C=O) groups is 1. The van der Waals surface area contributed by atoms with E-state index >= 15 is 0 Å². The van der Waals surface area contributed by atoms with Crippen LogP contribution in [0.1, 0.15) is 15.4 Å². The summed E-state index contributed by atoms with van der Waals surface area (Å²) >= 11 is 1.53. The largest absolute Gasteiger partial charge is 0.331 e. The van der Waals surface area contributed by atoms with Gasteiger partial charge in [0.15, 0.2) is 0 Å². The Labute approximate surface area is 143 Å². The van der Waals surface area contributed by atoms with Gasteiger partial charge in [0.1, 0.15) is 10.8 Å². The van der Waals surface area contributed by atoms with Crippen LogP contribution in [0.4, 0.5) is 14.9 Å². The third kappa shape index (κ3) is 4.63. The van der Waals surface area contributed by atoms with Gasteiger partial charge < -0.3 is 10.6 Å². The maximum Gasteiger partial charge on any atom is 0.319 e. The predicted molar refractivity (Wildman–Crippen MR) is 93.6 cm³/mol. The first-order chi connectivity index (χ1) is 11.7. The lowest BCUT2D eigenvalue weighted by Gasteiger charge is -2.05. The van der Waals surface area contributed by atoms with Crippen molar-refractivity contribution in [1.82, 2.24) is 10.3 Å². The summed E-state index contributed by atoms with van der Waals surface area (Å²) in [6.07, 6.45) is 2.49. The van der Waals surface area contributed by atoms with Crippen molar-refractivity contribution in [2.75, 3.05) is 5.32 Å². The van der Waals surface area contributed by atoms with E-state index in [2.05, 4.69) is 15.6 Å². The number of anilines is 1. The van der Waals surface area contributed by atoms with Crippen LogP contribution >= 0.6 is 11.3 Å². The molecule has 122 valence electrons. The molecular weight excluding hydrogens is 325 g/mol. The van der Waals surface area contributed by atoms with Crippen LogP contribution in [0.5, 0.6) is 0 Å². The fourth-order valence-electron chi connectivity index (χ4n) is 2.17. The van der Waals surface area contributed by atoms with Gasteiger partial charge in [0.2, 0.25) is 0 Å². The molecule has 0 bridgehead atoms. The van der Waals surface area contributed by atoms with Crippen LogP contribution in [0.3, 0.4) is 0 Å². The van der Waals surface area contributed by atoms with Gasteiger partial charge >= 0.3 is 6.03 Å². The summed E-state index contributed by atoms with van der Waals surface area (Å²) in [5.41, 5.74) is 1.77. The Morgan fingerprint density at radius 3 is 2.58 bits per heavy atom.